The number of hydrogen-bond donors (Lipinski definition) is 1. The second kappa shape index (κ2) is 9.02. The largest absolute Gasteiger partial charge is 0.376 e. The van der Waals surface area contributed by atoms with Crippen molar-refractivity contribution in [3.63, 3.8) is 0 Å². The lowest BCUT2D eigenvalue weighted by Crippen LogP contribution is -2.39. The summed E-state index contributed by atoms with van der Waals surface area (Å²) >= 11 is 0. The Kier molecular flexibility index (Phi) is 5.70. The molecule has 0 saturated carbocycles. The third-order valence-corrected chi connectivity index (χ3v) is 7.51. The molecule has 1 fully saturated rings. The summed E-state index contributed by atoms with van der Waals surface area (Å²) in [5, 5.41) is 13.8. The van der Waals surface area contributed by atoms with Gasteiger partial charge in [-0.2, -0.15) is 0 Å². The van der Waals surface area contributed by atoms with E-state index >= 15 is 0 Å². The lowest BCUT2D eigenvalue weighted by Gasteiger charge is -2.35. The van der Waals surface area contributed by atoms with Crippen LogP contribution in [0.25, 0.3) is 10.9 Å². The van der Waals surface area contributed by atoms with Gasteiger partial charge in [0.2, 0.25) is 0 Å². The Morgan fingerprint density at radius 1 is 1.14 bits per heavy atom. The summed E-state index contributed by atoms with van der Waals surface area (Å²) in [5.74, 6) is 0.688. The van der Waals surface area contributed by atoms with E-state index in [1.165, 1.54) is 16.7 Å². The first-order valence-electron chi connectivity index (χ1n) is 12.4. The summed E-state index contributed by atoms with van der Waals surface area (Å²) < 4.78 is 7.71. The zero-order valence-electron chi connectivity index (χ0n) is 20.2. The van der Waals surface area contributed by atoms with Crippen molar-refractivity contribution in [2.75, 3.05) is 13.2 Å². The van der Waals surface area contributed by atoms with Crippen molar-refractivity contribution in [1.82, 2.24) is 30.1 Å². The molecule has 8 heteroatoms. The van der Waals surface area contributed by atoms with E-state index in [-0.39, 0.29) is 17.7 Å². The number of aromatic amines is 1. The summed E-state index contributed by atoms with van der Waals surface area (Å²) in [7, 11) is 0. The van der Waals surface area contributed by atoms with E-state index in [0.29, 0.717) is 17.9 Å². The highest BCUT2D eigenvalue weighted by Crippen LogP contribution is 2.32. The number of tetrazole rings is 1. The third kappa shape index (κ3) is 4.17. The van der Waals surface area contributed by atoms with Crippen molar-refractivity contribution in [2.24, 2.45) is 0 Å². The van der Waals surface area contributed by atoms with Crippen molar-refractivity contribution in [2.45, 2.75) is 58.3 Å². The van der Waals surface area contributed by atoms with E-state index in [9.17, 15) is 4.79 Å². The molecule has 4 aromatic rings. The quantitative estimate of drug-likeness (QED) is 0.481. The molecule has 180 valence electrons. The van der Waals surface area contributed by atoms with Gasteiger partial charge in [0, 0.05) is 30.8 Å². The van der Waals surface area contributed by atoms with E-state index in [2.05, 4.69) is 69.6 Å². The summed E-state index contributed by atoms with van der Waals surface area (Å²) in [5.41, 5.74) is 6.42. The molecular formula is C27H30N6O2. The number of aryl methyl sites for hydroxylation is 2. The van der Waals surface area contributed by atoms with Crippen LogP contribution >= 0.6 is 0 Å². The smallest absolute Gasteiger partial charge is 0.253 e. The molecule has 0 amide bonds. The van der Waals surface area contributed by atoms with Gasteiger partial charge in [0.05, 0.1) is 12.6 Å². The summed E-state index contributed by atoms with van der Waals surface area (Å²) in [4.78, 5) is 19.0. The molecule has 2 aliphatic heterocycles. The molecule has 6 rings (SSSR count). The van der Waals surface area contributed by atoms with Crippen LogP contribution in [0.4, 0.5) is 0 Å². The van der Waals surface area contributed by atoms with Gasteiger partial charge in [0.25, 0.3) is 5.56 Å². The van der Waals surface area contributed by atoms with Crippen LogP contribution in [0.5, 0.6) is 0 Å². The predicted molar refractivity (Wildman–Crippen MR) is 133 cm³/mol. The second-order valence-electron chi connectivity index (χ2n) is 9.82. The number of rotatable bonds is 5. The molecule has 2 aliphatic rings. The van der Waals surface area contributed by atoms with Gasteiger partial charge in [-0.25, -0.2) is 4.68 Å². The SMILES string of the molecule is Cc1cc2cc([C@H](c3nnnn3C[C@@H]3CCCO3)N3CCc4ccccc4C3)c(=O)[nH]c2cc1C. The van der Waals surface area contributed by atoms with Crippen LogP contribution in [0.15, 0.2) is 47.3 Å². The average Bonchev–Trinajstić information content (AvgIpc) is 3.54. The first-order chi connectivity index (χ1) is 17.1. The maximum Gasteiger partial charge on any atom is 0.253 e. The van der Waals surface area contributed by atoms with E-state index in [1.54, 1.807) is 0 Å². The minimum atomic E-state index is -0.366. The third-order valence-electron chi connectivity index (χ3n) is 7.51. The van der Waals surface area contributed by atoms with Crippen LogP contribution in [-0.4, -0.2) is 49.3 Å². The van der Waals surface area contributed by atoms with Gasteiger partial charge >= 0.3 is 0 Å². The Bertz CT molecular complexity index is 1440. The number of pyridine rings is 1. The van der Waals surface area contributed by atoms with Crippen molar-refractivity contribution in [1.29, 1.82) is 0 Å². The number of fused-ring (bicyclic) bond motifs is 2. The van der Waals surface area contributed by atoms with Crippen molar-refractivity contribution >= 4 is 10.9 Å². The highest BCUT2D eigenvalue weighted by atomic mass is 16.5. The van der Waals surface area contributed by atoms with Gasteiger partial charge in [-0.15, -0.1) is 5.10 Å². The molecule has 35 heavy (non-hydrogen) atoms. The highest BCUT2D eigenvalue weighted by molar-refractivity contribution is 5.81. The minimum Gasteiger partial charge on any atom is -0.376 e. The minimum absolute atomic E-state index is 0.0977. The fourth-order valence-corrected chi connectivity index (χ4v) is 5.45. The van der Waals surface area contributed by atoms with Gasteiger partial charge in [-0.1, -0.05) is 24.3 Å². The lowest BCUT2D eigenvalue weighted by molar-refractivity contribution is 0.0904. The molecule has 2 aromatic carbocycles. The molecule has 1 saturated heterocycles. The summed E-state index contributed by atoms with van der Waals surface area (Å²) in [6.07, 6.45) is 3.07. The Morgan fingerprint density at radius 3 is 2.80 bits per heavy atom. The fraction of sp³-hybridized carbons (Fsp3) is 0.407. The molecule has 0 spiro atoms. The van der Waals surface area contributed by atoms with Crippen molar-refractivity contribution in [3.8, 4) is 0 Å². The summed E-state index contributed by atoms with van der Waals surface area (Å²) in [6, 6.07) is 14.4. The highest BCUT2D eigenvalue weighted by Gasteiger charge is 2.33. The first kappa shape index (κ1) is 22.1. The Hall–Kier alpha value is -3.36. The monoisotopic (exact) mass is 470 g/mol. The molecular weight excluding hydrogens is 440 g/mol. The van der Waals surface area contributed by atoms with Crippen LogP contribution < -0.4 is 5.56 Å². The van der Waals surface area contributed by atoms with Crippen LogP contribution in [0, 0.1) is 13.8 Å². The van der Waals surface area contributed by atoms with Crippen molar-refractivity contribution < 1.29 is 4.74 Å². The van der Waals surface area contributed by atoms with E-state index in [1.807, 2.05) is 16.8 Å². The number of benzene rings is 2. The van der Waals surface area contributed by atoms with Gasteiger partial charge in [0.15, 0.2) is 5.82 Å². The number of nitrogens with zero attached hydrogens (tertiary/aromatic N) is 5. The van der Waals surface area contributed by atoms with Crippen LogP contribution in [0.1, 0.15) is 52.5 Å². The average molecular weight is 471 g/mol. The Morgan fingerprint density at radius 2 is 1.97 bits per heavy atom. The van der Waals surface area contributed by atoms with Crippen LogP contribution in [0.3, 0.4) is 0 Å². The van der Waals surface area contributed by atoms with E-state index in [4.69, 9.17) is 4.74 Å². The molecule has 1 N–H and O–H groups in total. The topological polar surface area (TPSA) is 88.9 Å². The second-order valence-corrected chi connectivity index (χ2v) is 9.82. The maximum atomic E-state index is 13.5. The van der Waals surface area contributed by atoms with Gasteiger partial charge in [-0.3, -0.25) is 9.69 Å². The molecule has 0 aliphatic carbocycles. The van der Waals surface area contributed by atoms with Crippen LogP contribution in [-0.2, 0) is 24.2 Å². The van der Waals surface area contributed by atoms with E-state index < -0.39 is 0 Å². The number of H-pyrrole nitrogens is 1. The van der Waals surface area contributed by atoms with Crippen molar-refractivity contribution in [3.05, 3.63) is 86.5 Å². The zero-order chi connectivity index (χ0) is 23.9. The molecule has 0 unspecified atom stereocenters. The maximum absolute atomic E-state index is 13.5. The first-order valence-corrected chi connectivity index (χ1v) is 12.4. The molecule has 2 aromatic heterocycles. The molecule has 4 heterocycles. The van der Waals surface area contributed by atoms with Crippen LogP contribution in [0.2, 0.25) is 0 Å². The fourth-order valence-electron chi connectivity index (χ4n) is 5.45. The normalized spacial score (nSPS) is 19.2. The lowest BCUT2D eigenvalue weighted by atomic mass is 9.95. The van der Waals surface area contributed by atoms with Gasteiger partial charge in [-0.05, 0) is 89.4 Å². The summed E-state index contributed by atoms with van der Waals surface area (Å²) in [6.45, 7) is 7.08. The van der Waals surface area contributed by atoms with Gasteiger partial charge < -0.3 is 9.72 Å². The van der Waals surface area contributed by atoms with E-state index in [0.717, 1.165) is 55.4 Å². The standard InChI is InChI=1S/C27H30N6O2/c1-17-12-21-14-23(27(34)28-24(21)13-18(17)2)25(32-10-9-19-6-3-4-7-20(19)15-32)26-29-30-31-33(26)16-22-8-5-11-35-22/h3-4,6-7,12-14,22,25H,5,8-11,15-16H2,1-2H3,(H,28,34)/t22-,25+/m0/s1. The molecule has 2 atom stereocenters. The number of nitrogens with one attached hydrogen (secondary N) is 1. The Labute approximate surface area is 203 Å². The number of ether oxygens (including phenoxy) is 1. The van der Waals surface area contributed by atoms with Gasteiger partial charge in [0.1, 0.15) is 6.04 Å². The Balaban J connectivity index is 1.47. The zero-order valence-corrected chi connectivity index (χ0v) is 20.2. The molecule has 0 radical (unpaired) electrons. The number of aromatic nitrogens is 5. The molecule has 0 bridgehead atoms. The number of hydrogen-bond acceptors (Lipinski definition) is 6. The predicted octanol–water partition coefficient (Wildman–Crippen LogP) is 3.46. The molecule has 8 nitrogen and oxygen atoms in total.